The van der Waals surface area contributed by atoms with Gasteiger partial charge < -0.3 is 20.3 Å². The number of aliphatic carboxylic acids is 1. The molecule has 0 spiro atoms. The number of hydrogen-bond acceptors (Lipinski definition) is 4. The van der Waals surface area contributed by atoms with Crippen molar-refractivity contribution < 1.29 is 14.7 Å². The first-order valence-electron chi connectivity index (χ1n) is 11.4. The van der Waals surface area contributed by atoms with Crippen LogP contribution in [-0.4, -0.2) is 26.5 Å². The average molecular weight is 543 g/mol. The van der Waals surface area contributed by atoms with Gasteiger partial charge in [-0.25, -0.2) is 4.98 Å². The van der Waals surface area contributed by atoms with E-state index in [-0.39, 0.29) is 12.3 Å². The van der Waals surface area contributed by atoms with Gasteiger partial charge in [0.1, 0.15) is 0 Å². The lowest BCUT2D eigenvalue weighted by molar-refractivity contribution is -0.137. The molecule has 2 heterocycles. The van der Waals surface area contributed by atoms with Crippen molar-refractivity contribution >= 4 is 50.5 Å². The van der Waals surface area contributed by atoms with E-state index in [1.807, 2.05) is 77.5 Å². The molecule has 0 bridgehead atoms. The Balaban J connectivity index is 1.54. The van der Waals surface area contributed by atoms with Crippen LogP contribution in [0.3, 0.4) is 0 Å². The van der Waals surface area contributed by atoms with Crippen LogP contribution in [0.25, 0.3) is 11.3 Å². The van der Waals surface area contributed by atoms with Gasteiger partial charge in [-0.2, -0.15) is 0 Å². The number of imidazole rings is 1. The van der Waals surface area contributed by atoms with Crippen LogP contribution in [0, 0.1) is 0 Å². The summed E-state index contributed by atoms with van der Waals surface area (Å²) in [5.41, 5.74) is 6.39. The molecule has 5 rings (SSSR count). The summed E-state index contributed by atoms with van der Waals surface area (Å²) in [5.74, 6) is -1.04. The highest BCUT2D eigenvalue weighted by molar-refractivity contribution is 9.10. The topological polar surface area (TPSA) is 96.2 Å². The SMILES string of the molecule is O=C(O)CCc1cccc(/C(Nc2ccc(Cn3ccnc3)cc2)=C2/C(=O)Nc3cc(Br)ccc32)c1. The molecule has 3 N–H and O–H groups in total. The van der Waals surface area contributed by atoms with Crippen molar-refractivity contribution in [2.45, 2.75) is 19.4 Å². The first-order valence-corrected chi connectivity index (χ1v) is 12.2. The number of halogens is 1. The average Bonchev–Trinajstić information content (AvgIpc) is 3.49. The summed E-state index contributed by atoms with van der Waals surface area (Å²) >= 11 is 3.47. The number of benzene rings is 3. The molecule has 1 aliphatic rings. The molecule has 0 saturated carbocycles. The number of fused-ring (bicyclic) bond motifs is 1. The Kier molecular flexibility index (Phi) is 6.69. The molecule has 8 heteroatoms. The van der Waals surface area contributed by atoms with Crippen LogP contribution >= 0.6 is 15.9 Å². The van der Waals surface area contributed by atoms with Crippen LogP contribution in [0.4, 0.5) is 11.4 Å². The maximum atomic E-state index is 13.2. The summed E-state index contributed by atoms with van der Waals surface area (Å²) in [6.45, 7) is 0.713. The lowest BCUT2D eigenvalue weighted by Gasteiger charge is -2.16. The van der Waals surface area contributed by atoms with E-state index in [1.165, 1.54) is 0 Å². The summed E-state index contributed by atoms with van der Waals surface area (Å²) in [5, 5.41) is 15.5. The fourth-order valence-corrected chi connectivity index (χ4v) is 4.60. The van der Waals surface area contributed by atoms with Gasteiger partial charge in [0.05, 0.1) is 23.3 Å². The fourth-order valence-electron chi connectivity index (χ4n) is 4.23. The van der Waals surface area contributed by atoms with Crippen LogP contribution in [0.5, 0.6) is 0 Å². The number of amides is 1. The van der Waals surface area contributed by atoms with Crippen LogP contribution in [-0.2, 0) is 22.6 Å². The first-order chi connectivity index (χ1) is 17.5. The highest BCUT2D eigenvalue weighted by Crippen LogP contribution is 2.39. The second-order valence-corrected chi connectivity index (χ2v) is 9.46. The quantitative estimate of drug-likeness (QED) is 0.250. The number of carbonyl (C=O) groups excluding carboxylic acids is 1. The molecule has 3 aromatic carbocycles. The first kappa shape index (κ1) is 23.6. The zero-order valence-corrected chi connectivity index (χ0v) is 20.8. The Hall–Kier alpha value is -4.17. The molecule has 1 amide bonds. The molecule has 180 valence electrons. The van der Waals surface area contributed by atoms with Crippen molar-refractivity contribution in [3.05, 3.63) is 112 Å². The minimum Gasteiger partial charge on any atom is -0.481 e. The number of carbonyl (C=O) groups is 2. The van der Waals surface area contributed by atoms with Crippen molar-refractivity contribution in [2.24, 2.45) is 0 Å². The number of anilines is 2. The molecule has 7 nitrogen and oxygen atoms in total. The van der Waals surface area contributed by atoms with E-state index in [2.05, 4.69) is 31.5 Å². The van der Waals surface area contributed by atoms with E-state index in [4.69, 9.17) is 5.11 Å². The summed E-state index contributed by atoms with van der Waals surface area (Å²) in [6, 6.07) is 21.4. The third-order valence-electron chi connectivity index (χ3n) is 5.97. The molecule has 0 saturated heterocycles. The van der Waals surface area contributed by atoms with Crippen molar-refractivity contribution in [2.75, 3.05) is 10.6 Å². The van der Waals surface area contributed by atoms with Crippen molar-refractivity contribution in [3.8, 4) is 0 Å². The maximum absolute atomic E-state index is 13.2. The molecular formula is C28H23BrN4O3. The zero-order chi connectivity index (χ0) is 25.1. The number of aromatic nitrogens is 2. The predicted molar refractivity (Wildman–Crippen MR) is 143 cm³/mol. The molecule has 0 fully saturated rings. The lowest BCUT2D eigenvalue weighted by Crippen LogP contribution is -2.10. The largest absolute Gasteiger partial charge is 0.481 e. The van der Waals surface area contributed by atoms with Crippen LogP contribution in [0.15, 0.2) is 89.9 Å². The third-order valence-corrected chi connectivity index (χ3v) is 6.46. The number of hydrogen-bond donors (Lipinski definition) is 3. The molecule has 0 aliphatic carbocycles. The van der Waals surface area contributed by atoms with Gasteiger partial charge >= 0.3 is 5.97 Å². The van der Waals surface area contributed by atoms with Gasteiger partial charge in [-0.3, -0.25) is 9.59 Å². The van der Waals surface area contributed by atoms with E-state index in [1.54, 1.807) is 12.5 Å². The van der Waals surface area contributed by atoms with Gasteiger partial charge in [0.25, 0.3) is 5.91 Å². The summed E-state index contributed by atoms with van der Waals surface area (Å²) in [4.78, 5) is 28.3. The van der Waals surface area contributed by atoms with Gasteiger partial charge in [-0.15, -0.1) is 0 Å². The van der Waals surface area contributed by atoms with Gasteiger partial charge in [-0.05, 0) is 53.4 Å². The summed E-state index contributed by atoms with van der Waals surface area (Å²) < 4.78 is 2.87. The molecule has 0 atom stereocenters. The van der Waals surface area contributed by atoms with Crippen molar-refractivity contribution in [3.63, 3.8) is 0 Å². The number of nitrogens with one attached hydrogen (secondary N) is 2. The second kappa shape index (κ2) is 10.2. The highest BCUT2D eigenvalue weighted by atomic mass is 79.9. The van der Waals surface area contributed by atoms with E-state index >= 15 is 0 Å². The van der Waals surface area contributed by atoms with Crippen molar-refractivity contribution in [1.29, 1.82) is 0 Å². The molecule has 1 aliphatic heterocycles. The normalized spacial score (nSPS) is 13.8. The number of carboxylic acid groups (broad SMARTS) is 1. The van der Waals surface area contributed by atoms with Gasteiger partial charge in [0.15, 0.2) is 0 Å². The molecule has 4 aromatic rings. The third kappa shape index (κ3) is 5.23. The van der Waals surface area contributed by atoms with Crippen molar-refractivity contribution in [1.82, 2.24) is 9.55 Å². The van der Waals surface area contributed by atoms with E-state index in [0.29, 0.717) is 24.2 Å². The van der Waals surface area contributed by atoms with E-state index in [9.17, 15) is 9.59 Å². The molecule has 0 unspecified atom stereocenters. The van der Waals surface area contributed by atoms with Crippen LogP contribution in [0.2, 0.25) is 0 Å². The summed E-state index contributed by atoms with van der Waals surface area (Å²) in [7, 11) is 0. The minimum atomic E-state index is -0.845. The van der Waals surface area contributed by atoms with Gasteiger partial charge in [0, 0.05) is 41.1 Å². The number of nitrogens with zero attached hydrogens (tertiary/aromatic N) is 2. The molecule has 1 aromatic heterocycles. The Morgan fingerprint density at radius 1 is 1.06 bits per heavy atom. The Bertz CT molecular complexity index is 1460. The molecule has 0 radical (unpaired) electrons. The summed E-state index contributed by atoms with van der Waals surface area (Å²) in [6.07, 6.45) is 5.89. The number of aryl methyl sites for hydroxylation is 1. The fraction of sp³-hybridized carbons (Fsp3) is 0.107. The smallest absolute Gasteiger partial charge is 0.303 e. The van der Waals surface area contributed by atoms with Crippen LogP contribution < -0.4 is 10.6 Å². The van der Waals surface area contributed by atoms with Gasteiger partial charge in [0.2, 0.25) is 0 Å². The van der Waals surface area contributed by atoms with E-state index in [0.717, 1.165) is 38.1 Å². The minimum absolute atomic E-state index is 0.0402. The highest BCUT2D eigenvalue weighted by Gasteiger charge is 2.28. The standard InChI is InChI=1S/C28H23BrN4O3/c29-21-7-10-23-24(15-21)32-28(36)26(23)27(20-3-1-2-18(14-20)6-11-25(34)35)31-22-8-4-19(5-9-22)16-33-13-12-30-17-33/h1-5,7-10,12-15,17,31H,6,11,16H2,(H,32,36)(H,34,35)/b27-26-. The number of rotatable bonds is 8. The van der Waals surface area contributed by atoms with E-state index < -0.39 is 5.97 Å². The second-order valence-electron chi connectivity index (χ2n) is 8.55. The predicted octanol–water partition coefficient (Wildman–Crippen LogP) is 5.64. The molecule has 36 heavy (non-hydrogen) atoms. The Morgan fingerprint density at radius 3 is 2.64 bits per heavy atom. The lowest BCUT2D eigenvalue weighted by atomic mass is 9.97. The monoisotopic (exact) mass is 542 g/mol. The Labute approximate surface area is 216 Å². The number of carboxylic acids is 1. The van der Waals surface area contributed by atoms with Gasteiger partial charge in [-0.1, -0.05) is 52.3 Å². The van der Waals surface area contributed by atoms with Crippen LogP contribution in [0.1, 0.15) is 28.7 Å². The zero-order valence-electron chi connectivity index (χ0n) is 19.2. The maximum Gasteiger partial charge on any atom is 0.303 e. The Morgan fingerprint density at radius 2 is 1.89 bits per heavy atom. The molecular weight excluding hydrogens is 520 g/mol.